The summed E-state index contributed by atoms with van der Waals surface area (Å²) in [5.41, 5.74) is 4.71. The largest absolute Gasteiger partial charge is 0.467 e. The van der Waals surface area contributed by atoms with E-state index >= 15 is 0 Å². The topological polar surface area (TPSA) is 153 Å². The van der Waals surface area contributed by atoms with Crippen molar-refractivity contribution in [2.24, 2.45) is 5.10 Å². The van der Waals surface area contributed by atoms with Crippen molar-refractivity contribution in [3.63, 3.8) is 0 Å². The Kier molecular flexibility index (Phi) is 7.68. The van der Waals surface area contributed by atoms with Crippen molar-refractivity contribution in [3.8, 4) is 23.3 Å². The zero-order chi connectivity index (χ0) is 24.7. The fourth-order valence-electron chi connectivity index (χ4n) is 3.11. The third kappa shape index (κ3) is 5.81. The Morgan fingerprint density at radius 1 is 1.32 bits per heavy atom. The molecule has 1 N–H and O–H groups in total. The Morgan fingerprint density at radius 2 is 2.12 bits per heavy atom. The summed E-state index contributed by atoms with van der Waals surface area (Å²) >= 11 is 0. The molecule has 0 aliphatic heterocycles. The number of nitrogens with one attached hydrogen (secondary N) is 1. The third-order valence-electron chi connectivity index (χ3n) is 4.57. The lowest BCUT2D eigenvalue weighted by Gasteiger charge is -2.10. The van der Waals surface area contributed by atoms with Crippen LogP contribution in [-0.4, -0.2) is 35.7 Å². The smallest absolute Gasteiger partial charge is 0.280 e. The average molecular weight is 463 g/mol. The van der Waals surface area contributed by atoms with Crippen molar-refractivity contribution in [2.75, 3.05) is 13.7 Å². The van der Waals surface area contributed by atoms with E-state index in [-0.39, 0.29) is 29.5 Å². The molecule has 11 nitrogen and oxygen atoms in total. The fraction of sp³-hybridized carbons (Fsp3) is 0.217. The predicted molar refractivity (Wildman–Crippen MR) is 121 cm³/mol. The van der Waals surface area contributed by atoms with E-state index in [0.29, 0.717) is 22.6 Å². The van der Waals surface area contributed by atoms with Crippen LogP contribution in [0.5, 0.6) is 5.88 Å². The number of carbonyl (C=O) groups excluding carboxylic acids is 1. The molecule has 0 bridgehead atoms. The number of carbonyl (C=O) groups is 1. The van der Waals surface area contributed by atoms with Gasteiger partial charge in [-0.3, -0.25) is 14.9 Å². The zero-order valence-corrected chi connectivity index (χ0v) is 18.7. The highest BCUT2D eigenvalue weighted by molar-refractivity contribution is 5.82. The number of ether oxygens (including phenoxy) is 2. The van der Waals surface area contributed by atoms with Crippen LogP contribution in [0.3, 0.4) is 0 Å². The average Bonchev–Trinajstić information content (AvgIpc) is 3.26. The van der Waals surface area contributed by atoms with E-state index in [2.05, 4.69) is 15.5 Å². The molecule has 0 aliphatic rings. The van der Waals surface area contributed by atoms with Crippen LogP contribution in [0.15, 0.2) is 45.9 Å². The molecule has 0 spiro atoms. The highest BCUT2D eigenvalue weighted by Gasteiger charge is 2.18. The van der Waals surface area contributed by atoms with Crippen molar-refractivity contribution < 1.29 is 23.6 Å². The number of pyridine rings is 1. The maximum Gasteiger partial charge on any atom is 0.280 e. The fourth-order valence-corrected chi connectivity index (χ4v) is 3.11. The highest BCUT2D eigenvalue weighted by Crippen LogP contribution is 2.31. The van der Waals surface area contributed by atoms with Crippen LogP contribution in [0.2, 0.25) is 0 Å². The third-order valence-corrected chi connectivity index (χ3v) is 4.57. The minimum atomic E-state index is -0.585. The maximum absolute atomic E-state index is 12.1. The Bertz CT molecular complexity index is 1290. The van der Waals surface area contributed by atoms with Gasteiger partial charge in [-0.05, 0) is 43.7 Å². The first kappa shape index (κ1) is 24.1. The van der Waals surface area contributed by atoms with Crippen molar-refractivity contribution in [1.29, 1.82) is 5.26 Å². The van der Waals surface area contributed by atoms with E-state index < -0.39 is 17.4 Å². The van der Waals surface area contributed by atoms with Crippen molar-refractivity contribution in [1.82, 2.24) is 10.4 Å². The first-order chi connectivity index (χ1) is 16.3. The van der Waals surface area contributed by atoms with Crippen LogP contribution in [0.4, 0.5) is 5.69 Å². The van der Waals surface area contributed by atoms with Gasteiger partial charge in [0.1, 0.15) is 23.2 Å². The van der Waals surface area contributed by atoms with E-state index in [4.69, 9.17) is 13.9 Å². The van der Waals surface area contributed by atoms with Gasteiger partial charge in [0, 0.05) is 24.4 Å². The van der Waals surface area contributed by atoms with Crippen LogP contribution < -0.4 is 10.2 Å². The number of rotatable bonds is 9. The number of furan rings is 1. The van der Waals surface area contributed by atoms with Crippen molar-refractivity contribution in [3.05, 3.63) is 74.7 Å². The molecule has 0 saturated carbocycles. The van der Waals surface area contributed by atoms with Gasteiger partial charge in [0.25, 0.3) is 11.6 Å². The second-order valence-electron chi connectivity index (χ2n) is 7.21. The lowest BCUT2D eigenvalue weighted by atomic mass is 10.1. The number of benzene rings is 1. The molecule has 0 radical (unpaired) electrons. The molecule has 3 rings (SSSR count). The van der Waals surface area contributed by atoms with E-state index in [1.807, 2.05) is 6.07 Å². The monoisotopic (exact) mass is 463 g/mol. The number of nitro benzene ring substituents is 1. The number of hydrazone groups is 1. The van der Waals surface area contributed by atoms with Crippen LogP contribution in [0.25, 0.3) is 11.3 Å². The number of aryl methyl sites for hydroxylation is 2. The summed E-state index contributed by atoms with van der Waals surface area (Å²) < 4.78 is 16.1. The number of methoxy groups -OCH3 is 1. The first-order valence-corrected chi connectivity index (χ1v) is 10.0. The van der Waals surface area contributed by atoms with Gasteiger partial charge in [-0.1, -0.05) is 6.07 Å². The quantitative estimate of drug-likeness (QED) is 0.288. The van der Waals surface area contributed by atoms with Gasteiger partial charge < -0.3 is 13.9 Å². The Morgan fingerprint density at radius 3 is 2.82 bits per heavy atom. The van der Waals surface area contributed by atoms with Gasteiger partial charge in [-0.25, -0.2) is 10.4 Å². The number of aromatic nitrogens is 1. The van der Waals surface area contributed by atoms with Crippen LogP contribution in [0, 0.1) is 35.3 Å². The SMILES string of the molecule is COCc1cc(C)nc(OCC(=O)N/N=C/c2ccc(-c3ccc(C)cc3[N+](=O)[O-])o2)c1C#N. The summed E-state index contributed by atoms with van der Waals surface area (Å²) in [7, 11) is 1.51. The molecule has 2 heterocycles. The second-order valence-corrected chi connectivity index (χ2v) is 7.21. The number of nitrogens with zero attached hydrogens (tertiary/aromatic N) is 4. The lowest BCUT2D eigenvalue weighted by molar-refractivity contribution is -0.384. The summed E-state index contributed by atoms with van der Waals surface area (Å²) in [6.07, 6.45) is 1.25. The van der Waals surface area contributed by atoms with Gasteiger partial charge in [0.2, 0.25) is 5.88 Å². The summed E-state index contributed by atoms with van der Waals surface area (Å²) in [6, 6.07) is 11.7. The number of nitriles is 1. The molecular formula is C23H21N5O6. The summed E-state index contributed by atoms with van der Waals surface area (Å²) in [5, 5.41) is 24.5. The molecule has 0 atom stereocenters. The summed E-state index contributed by atoms with van der Waals surface area (Å²) in [6.45, 7) is 3.28. The molecule has 11 heteroatoms. The van der Waals surface area contributed by atoms with E-state index in [1.54, 1.807) is 44.2 Å². The van der Waals surface area contributed by atoms with Crippen LogP contribution in [-0.2, 0) is 16.1 Å². The molecule has 174 valence electrons. The van der Waals surface area contributed by atoms with Crippen molar-refractivity contribution in [2.45, 2.75) is 20.5 Å². The molecule has 2 aromatic heterocycles. The molecule has 0 fully saturated rings. The molecule has 1 amide bonds. The summed E-state index contributed by atoms with van der Waals surface area (Å²) in [5.74, 6) is 0.0216. The van der Waals surface area contributed by atoms with Crippen LogP contribution >= 0.6 is 0 Å². The predicted octanol–water partition coefficient (Wildman–Crippen LogP) is 3.41. The normalized spacial score (nSPS) is 10.8. The minimum Gasteiger partial charge on any atom is -0.467 e. The van der Waals surface area contributed by atoms with Crippen LogP contribution in [0.1, 0.15) is 28.1 Å². The number of hydrogen-bond acceptors (Lipinski definition) is 9. The van der Waals surface area contributed by atoms with Gasteiger partial charge >= 0.3 is 0 Å². The number of nitro groups is 1. The molecule has 0 saturated heterocycles. The first-order valence-electron chi connectivity index (χ1n) is 10.0. The highest BCUT2D eigenvalue weighted by atomic mass is 16.6. The zero-order valence-electron chi connectivity index (χ0n) is 18.7. The Hall–Kier alpha value is -4.56. The summed E-state index contributed by atoms with van der Waals surface area (Å²) in [4.78, 5) is 27.1. The molecule has 0 aliphatic carbocycles. The number of hydrogen-bond donors (Lipinski definition) is 1. The van der Waals surface area contributed by atoms with E-state index in [9.17, 15) is 20.2 Å². The molecule has 34 heavy (non-hydrogen) atoms. The van der Waals surface area contributed by atoms with E-state index in [0.717, 1.165) is 5.56 Å². The minimum absolute atomic E-state index is 0.0315. The second kappa shape index (κ2) is 10.8. The standard InChI is InChI=1S/C23H21N5O6/c1-14-4-6-18(20(8-14)28(30)31)21-7-5-17(34-21)11-25-27-22(29)13-33-23-19(10-24)16(12-32-3)9-15(2)26-23/h4-9,11H,12-13H2,1-3H3,(H,27,29)/b25-11+. The van der Waals surface area contributed by atoms with Crippen molar-refractivity contribution >= 4 is 17.8 Å². The number of amides is 1. The molecule has 3 aromatic rings. The lowest BCUT2D eigenvalue weighted by Crippen LogP contribution is -2.25. The van der Waals surface area contributed by atoms with E-state index in [1.165, 1.54) is 19.4 Å². The van der Waals surface area contributed by atoms with Gasteiger partial charge in [-0.15, -0.1) is 0 Å². The maximum atomic E-state index is 12.1. The van der Waals surface area contributed by atoms with Gasteiger partial charge in [-0.2, -0.15) is 10.4 Å². The Balaban J connectivity index is 1.63. The van der Waals surface area contributed by atoms with Gasteiger partial charge in [0.15, 0.2) is 6.61 Å². The molecular weight excluding hydrogens is 442 g/mol. The molecule has 1 aromatic carbocycles. The van der Waals surface area contributed by atoms with Gasteiger partial charge in [0.05, 0.1) is 23.3 Å². The Labute approximate surface area is 194 Å². The molecule has 0 unspecified atom stereocenters.